The van der Waals surface area contributed by atoms with Gasteiger partial charge in [-0.05, 0) is 60.1 Å². The van der Waals surface area contributed by atoms with Crippen LogP contribution in [0.15, 0.2) is 36.4 Å². The molecule has 2 fully saturated rings. The Balaban J connectivity index is 0.000000237. The number of benzene rings is 2. The van der Waals surface area contributed by atoms with E-state index in [0.29, 0.717) is 6.42 Å². The third-order valence-electron chi connectivity index (χ3n) is 7.55. The Morgan fingerprint density at radius 3 is 2.59 bits per heavy atom. The molecule has 3 N–H and O–H groups in total. The Morgan fingerprint density at radius 1 is 1.10 bits per heavy atom. The molecular formula is C27H34ClN5O4S2. The van der Waals surface area contributed by atoms with E-state index < -0.39 is 10.3 Å². The molecule has 1 amide bonds. The van der Waals surface area contributed by atoms with Crippen LogP contribution < -0.4 is 14.9 Å². The number of carbonyl (C=O) groups excluding carboxylic acids is 1. The zero-order valence-corrected chi connectivity index (χ0v) is 24.1. The Labute approximate surface area is 238 Å². The molecule has 12 heteroatoms. The summed E-state index contributed by atoms with van der Waals surface area (Å²) in [5.41, 5.74) is 3.05. The van der Waals surface area contributed by atoms with Crippen molar-refractivity contribution in [3.8, 4) is 0 Å². The minimum absolute atomic E-state index is 0.0428. The van der Waals surface area contributed by atoms with Crippen molar-refractivity contribution < 1.29 is 17.8 Å². The Morgan fingerprint density at radius 2 is 1.85 bits per heavy atom. The first-order valence-electron chi connectivity index (χ1n) is 13.4. The summed E-state index contributed by atoms with van der Waals surface area (Å²) in [5.74, 6) is 1.17. The van der Waals surface area contributed by atoms with Crippen LogP contribution in [0.4, 0.5) is 11.5 Å². The summed E-state index contributed by atoms with van der Waals surface area (Å²) < 4.78 is 37.2. The summed E-state index contributed by atoms with van der Waals surface area (Å²) in [5, 5.41) is 4.86. The largest absolute Gasteiger partial charge is 0.353 e. The average Bonchev–Trinajstić information content (AvgIpc) is 3.50. The number of anilines is 2. The number of carbonyl (C=O) groups is 1. The number of amides is 1. The number of hydrogen-bond acceptors (Lipinski definition) is 7. The van der Waals surface area contributed by atoms with Crippen LogP contribution in [0.3, 0.4) is 0 Å². The van der Waals surface area contributed by atoms with Gasteiger partial charge in [-0.2, -0.15) is 17.5 Å². The molecule has 0 atom stereocenters. The van der Waals surface area contributed by atoms with E-state index in [4.69, 9.17) is 16.2 Å². The van der Waals surface area contributed by atoms with E-state index in [0.717, 1.165) is 92.5 Å². The van der Waals surface area contributed by atoms with Gasteiger partial charge in [-0.15, -0.1) is 0 Å². The molecule has 3 heterocycles. The van der Waals surface area contributed by atoms with E-state index in [-0.39, 0.29) is 11.9 Å². The molecule has 0 bridgehead atoms. The first-order chi connectivity index (χ1) is 18.7. The molecule has 1 aromatic heterocycles. The van der Waals surface area contributed by atoms with Crippen molar-refractivity contribution in [1.82, 2.24) is 14.0 Å². The molecule has 1 aliphatic carbocycles. The molecule has 39 heavy (non-hydrogen) atoms. The van der Waals surface area contributed by atoms with E-state index in [1.807, 2.05) is 6.07 Å². The number of hydrogen-bond donors (Lipinski definition) is 3. The summed E-state index contributed by atoms with van der Waals surface area (Å²) in [6.45, 7) is 5.00. The van der Waals surface area contributed by atoms with Crippen LogP contribution in [0.5, 0.6) is 0 Å². The maximum atomic E-state index is 11.6. The second-order valence-corrected chi connectivity index (χ2v) is 12.7. The van der Waals surface area contributed by atoms with Crippen molar-refractivity contribution >= 4 is 60.9 Å². The molecule has 2 aliphatic heterocycles. The molecule has 0 radical (unpaired) electrons. The maximum absolute atomic E-state index is 11.6. The fourth-order valence-corrected chi connectivity index (χ4v) is 7.20. The van der Waals surface area contributed by atoms with E-state index in [9.17, 15) is 13.2 Å². The smallest absolute Gasteiger partial charge is 0.333 e. The molecule has 6 rings (SSSR count). The van der Waals surface area contributed by atoms with E-state index in [2.05, 4.69) is 54.5 Å². The van der Waals surface area contributed by atoms with Crippen molar-refractivity contribution in [3.63, 3.8) is 0 Å². The van der Waals surface area contributed by atoms with Crippen LogP contribution in [0.25, 0.3) is 10.1 Å². The van der Waals surface area contributed by atoms with Crippen molar-refractivity contribution in [1.29, 1.82) is 0 Å². The molecule has 1 saturated carbocycles. The van der Waals surface area contributed by atoms with Gasteiger partial charge < -0.3 is 10.2 Å². The second-order valence-electron chi connectivity index (χ2n) is 10.3. The van der Waals surface area contributed by atoms with Gasteiger partial charge in [0.15, 0.2) is 0 Å². The topological polar surface area (TPSA) is 115 Å². The SMILES string of the molecule is O=C1Cc2cc(CCN3CCN(c4nsc5ccccc45)CC3)c(Cl)cc2N1.O=S(=O)(O)NC1CCCCC1. The van der Waals surface area contributed by atoms with Gasteiger partial charge in [-0.1, -0.05) is 49.1 Å². The number of nitrogens with zero attached hydrogens (tertiary/aromatic N) is 3. The molecule has 210 valence electrons. The number of halogens is 1. The second kappa shape index (κ2) is 12.5. The number of piperazine rings is 1. The third kappa shape index (κ3) is 7.47. The van der Waals surface area contributed by atoms with Gasteiger partial charge in [0.2, 0.25) is 5.91 Å². The fraction of sp³-hybridized carbons (Fsp3) is 0.481. The first-order valence-corrected chi connectivity index (χ1v) is 16.0. The molecular weight excluding hydrogens is 558 g/mol. The highest BCUT2D eigenvalue weighted by Gasteiger charge is 2.23. The van der Waals surface area contributed by atoms with Crippen molar-refractivity contribution in [3.05, 3.63) is 52.5 Å². The van der Waals surface area contributed by atoms with Gasteiger partial charge >= 0.3 is 10.3 Å². The Kier molecular flexibility index (Phi) is 9.05. The minimum atomic E-state index is -3.97. The van der Waals surface area contributed by atoms with Crippen molar-refractivity contribution in [2.45, 2.75) is 51.0 Å². The van der Waals surface area contributed by atoms with Gasteiger partial charge in [0.05, 0.1) is 11.1 Å². The number of rotatable bonds is 6. The monoisotopic (exact) mass is 591 g/mol. The van der Waals surface area contributed by atoms with Crippen LogP contribution in [0.1, 0.15) is 43.2 Å². The number of nitrogens with one attached hydrogen (secondary N) is 2. The predicted molar refractivity (Wildman–Crippen MR) is 157 cm³/mol. The quantitative estimate of drug-likeness (QED) is 0.361. The minimum Gasteiger partial charge on any atom is -0.353 e. The van der Waals surface area contributed by atoms with Crippen LogP contribution in [0, 0.1) is 0 Å². The fourth-order valence-electron chi connectivity index (χ4n) is 5.48. The molecule has 0 unspecified atom stereocenters. The summed E-state index contributed by atoms with van der Waals surface area (Å²) in [6.07, 6.45) is 6.32. The van der Waals surface area contributed by atoms with E-state index in [1.54, 1.807) is 11.5 Å². The lowest BCUT2D eigenvalue weighted by atomic mass is 9.96. The van der Waals surface area contributed by atoms with E-state index in [1.165, 1.54) is 16.5 Å². The molecule has 9 nitrogen and oxygen atoms in total. The normalized spacial score (nSPS) is 18.5. The average molecular weight is 592 g/mol. The van der Waals surface area contributed by atoms with Gasteiger partial charge in [0.25, 0.3) is 0 Å². The van der Waals surface area contributed by atoms with Crippen LogP contribution in [0.2, 0.25) is 5.02 Å². The molecule has 0 spiro atoms. The Bertz CT molecular complexity index is 1420. The highest BCUT2D eigenvalue weighted by molar-refractivity contribution is 7.83. The lowest BCUT2D eigenvalue weighted by Crippen LogP contribution is -2.47. The highest BCUT2D eigenvalue weighted by atomic mass is 35.5. The van der Waals surface area contributed by atoms with Crippen molar-refractivity contribution in [2.24, 2.45) is 0 Å². The molecule has 3 aliphatic rings. The third-order valence-corrected chi connectivity index (χ3v) is 9.35. The van der Waals surface area contributed by atoms with Crippen LogP contribution in [-0.4, -0.2) is 66.9 Å². The van der Waals surface area contributed by atoms with Gasteiger partial charge in [0, 0.05) is 54.9 Å². The first kappa shape index (κ1) is 28.3. The van der Waals surface area contributed by atoms with Crippen LogP contribution >= 0.6 is 23.1 Å². The number of aromatic nitrogens is 1. The van der Waals surface area contributed by atoms with Gasteiger partial charge in [-0.3, -0.25) is 14.2 Å². The molecule has 3 aromatic rings. The summed E-state index contributed by atoms with van der Waals surface area (Å²) in [6, 6.07) is 12.4. The van der Waals surface area contributed by atoms with Gasteiger partial charge in [-0.25, -0.2) is 0 Å². The van der Waals surface area contributed by atoms with Crippen molar-refractivity contribution in [2.75, 3.05) is 42.9 Å². The molecule has 1 saturated heterocycles. The maximum Gasteiger partial charge on any atom is 0.333 e. The predicted octanol–water partition coefficient (Wildman–Crippen LogP) is 4.52. The lowest BCUT2D eigenvalue weighted by Gasteiger charge is -2.35. The summed E-state index contributed by atoms with van der Waals surface area (Å²) in [4.78, 5) is 16.4. The summed E-state index contributed by atoms with van der Waals surface area (Å²) >= 11 is 8.01. The summed E-state index contributed by atoms with van der Waals surface area (Å²) in [7, 11) is -3.97. The lowest BCUT2D eigenvalue weighted by molar-refractivity contribution is -0.115. The zero-order chi connectivity index (χ0) is 27.4. The highest BCUT2D eigenvalue weighted by Crippen LogP contribution is 2.31. The van der Waals surface area contributed by atoms with E-state index >= 15 is 0 Å². The zero-order valence-electron chi connectivity index (χ0n) is 21.7. The van der Waals surface area contributed by atoms with Gasteiger partial charge in [0.1, 0.15) is 5.82 Å². The Hall–Kier alpha value is -2.28. The standard InChI is InChI=1S/C21H21ClN4OS.C6H13NO3S/c22-17-13-18-15(12-20(27)23-18)11-14(17)5-6-25-7-9-26(10-8-25)21-16-3-1-2-4-19(16)28-24-21;8-11(9,10)7-6-4-2-1-3-5-6/h1-4,11,13H,5-10,12H2,(H,23,27);6-7H,1-5H2,(H,8,9,10). The van der Waals surface area contributed by atoms with Crippen LogP contribution in [-0.2, 0) is 27.9 Å². The molecule has 2 aromatic carbocycles. The number of fused-ring (bicyclic) bond motifs is 2.